The topological polar surface area (TPSA) is 79.4 Å². The Bertz CT molecular complexity index is 1230. The summed E-state index contributed by atoms with van der Waals surface area (Å²) in [5.74, 6) is 0.151. The molecule has 0 saturated carbocycles. The number of piperidine rings is 1. The Kier molecular flexibility index (Phi) is 7.50. The van der Waals surface area contributed by atoms with Crippen LogP contribution in [0, 0.1) is 0 Å². The van der Waals surface area contributed by atoms with Crippen LogP contribution in [0.4, 0.5) is 5.13 Å². The van der Waals surface area contributed by atoms with Crippen LogP contribution in [0.3, 0.4) is 0 Å². The second kappa shape index (κ2) is 10.4. The second-order valence-electron chi connectivity index (χ2n) is 8.97. The van der Waals surface area contributed by atoms with Crippen molar-refractivity contribution in [1.29, 1.82) is 0 Å². The number of sulfonamides is 1. The van der Waals surface area contributed by atoms with Gasteiger partial charge in [0.1, 0.15) is 0 Å². The Balaban J connectivity index is 1.44. The van der Waals surface area contributed by atoms with Crippen molar-refractivity contribution in [2.45, 2.75) is 63.3 Å². The molecule has 1 aliphatic rings. The Labute approximate surface area is 206 Å². The molecular weight excluding hydrogens is 466 g/mol. The van der Waals surface area contributed by atoms with E-state index in [4.69, 9.17) is 0 Å². The van der Waals surface area contributed by atoms with Crippen molar-refractivity contribution in [3.05, 3.63) is 65.0 Å². The summed E-state index contributed by atoms with van der Waals surface area (Å²) in [5.41, 5.74) is 3.47. The number of amides is 1. The fourth-order valence-electron chi connectivity index (χ4n) is 4.28. The SMILES string of the molecule is CCC1CCCCN1S(=O)(=O)c1ccc(C(=O)Nc2nc(-c3ccc(C(C)C)cc3)cs2)cc1. The van der Waals surface area contributed by atoms with Gasteiger partial charge < -0.3 is 0 Å². The number of hydrogen-bond acceptors (Lipinski definition) is 5. The minimum Gasteiger partial charge on any atom is -0.298 e. The average Bonchev–Trinajstić information content (AvgIpc) is 3.32. The van der Waals surface area contributed by atoms with Crippen molar-refractivity contribution >= 4 is 32.4 Å². The van der Waals surface area contributed by atoms with Crippen molar-refractivity contribution in [3.8, 4) is 11.3 Å². The first-order valence-corrected chi connectivity index (χ1v) is 14.1. The number of thiazole rings is 1. The molecule has 1 N–H and O–H groups in total. The highest BCUT2D eigenvalue weighted by Gasteiger charge is 2.32. The fourth-order valence-corrected chi connectivity index (χ4v) is 6.77. The molecule has 0 radical (unpaired) electrons. The van der Waals surface area contributed by atoms with Gasteiger partial charge in [-0.15, -0.1) is 11.3 Å². The lowest BCUT2D eigenvalue weighted by Gasteiger charge is -2.34. The summed E-state index contributed by atoms with van der Waals surface area (Å²) < 4.78 is 27.9. The molecule has 2 aromatic carbocycles. The van der Waals surface area contributed by atoms with Gasteiger partial charge in [-0.05, 0) is 55.0 Å². The molecule has 1 atom stereocenters. The van der Waals surface area contributed by atoms with Gasteiger partial charge in [-0.1, -0.05) is 51.5 Å². The third kappa shape index (κ3) is 5.24. The van der Waals surface area contributed by atoms with Gasteiger partial charge in [0, 0.05) is 29.1 Å². The Hall–Kier alpha value is -2.55. The van der Waals surface area contributed by atoms with E-state index in [1.54, 1.807) is 16.4 Å². The lowest BCUT2D eigenvalue weighted by atomic mass is 10.0. The van der Waals surface area contributed by atoms with Crippen LogP contribution in [0.5, 0.6) is 0 Å². The number of benzene rings is 2. The summed E-state index contributed by atoms with van der Waals surface area (Å²) in [6.45, 7) is 6.89. The summed E-state index contributed by atoms with van der Waals surface area (Å²) in [4.78, 5) is 17.5. The molecule has 1 saturated heterocycles. The molecule has 3 aromatic rings. The highest BCUT2D eigenvalue weighted by Crippen LogP contribution is 2.28. The van der Waals surface area contributed by atoms with E-state index in [1.165, 1.54) is 29.0 Å². The van der Waals surface area contributed by atoms with Crippen LogP contribution >= 0.6 is 11.3 Å². The number of carbonyl (C=O) groups is 1. The van der Waals surface area contributed by atoms with E-state index >= 15 is 0 Å². The van der Waals surface area contributed by atoms with Crippen molar-refractivity contribution in [2.24, 2.45) is 0 Å². The lowest BCUT2D eigenvalue weighted by molar-refractivity contribution is 0.102. The van der Waals surface area contributed by atoms with Crippen LogP contribution < -0.4 is 5.32 Å². The summed E-state index contributed by atoms with van der Waals surface area (Å²) >= 11 is 1.36. The van der Waals surface area contributed by atoms with Gasteiger partial charge in [0.15, 0.2) is 5.13 Å². The number of nitrogens with one attached hydrogen (secondary N) is 1. The van der Waals surface area contributed by atoms with Crippen LogP contribution in [0.15, 0.2) is 58.8 Å². The molecule has 1 aliphatic heterocycles. The Morgan fingerprint density at radius 3 is 2.47 bits per heavy atom. The van der Waals surface area contributed by atoms with E-state index in [1.807, 2.05) is 24.4 Å². The van der Waals surface area contributed by atoms with Crippen molar-refractivity contribution in [2.75, 3.05) is 11.9 Å². The molecule has 180 valence electrons. The molecule has 8 heteroatoms. The Morgan fingerprint density at radius 1 is 1.12 bits per heavy atom. The first kappa shape index (κ1) is 24.6. The van der Waals surface area contributed by atoms with Gasteiger partial charge in [-0.3, -0.25) is 10.1 Å². The van der Waals surface area contributed by atoms with Gasteiger partial charge >= 0.3 is 0 Å². The number of rotatable bonds is 7. The molecule has 4 rings (SSSR count). The molecule has 2 heterocycles. The standard InChI is InChI=1S/C26H31N3O3S2/c1-4-22-7-5-6-16-29(22)34(31,32)23-14-12-21(13-15-23)25(30)28-26-27-24(17-33-26)20-10-8-19(9-11-20)18(2)3/h8-15,17-18,22H,4-7,16H2,1-3H3,(H,27,28,30). The van der Waals surface area contributed by atoms with Gasteiger partial charge in [-0.25, -0.2) is 13.4 Å². The average molecular weight is 498 g/mol. The first-order valence-electron chi connectivity index (χ1n) is 11.8. The van der Waals surface area contributed by atoms with E-state index in [-0.39, 0.29) is 16.8 Å². The van der Waals surface area contributed by atoms with E-state index in [0.717, 1.165) is 36.9 Å². The van der Waals surface area contributed by atoms with Gasteiger partial charge in [-0.2, -0.15) is 4.31 Å². The number of aromatic nitrogens is 1. The van der Waals surface area contributed by atoms with Crippen LogP contribution in [0.2, 0.25) is 0 Å². The molecule has 1 unspecified atom stereocenters. The largest absolute Gasteiger partial charge is 0.298 e. The van der Waals surface area contributed by atoms with Crippen molar-refractivity contribution in [1.82, 2.24) is 9.29 Å². The van der Waals surface area contributed by atoms with E-state index in [9.17, 15) is 13.2 Å². The molecule has 1 amide bonds. The third-order valence-corrected chi connectivity index (χ3v) is 9.09. The van der Waals surface area contributed by atoms with E-state index < -0.39 is 10.0 Å². The lowest BCUT2D eigenvalue weighted by Crippen LogP contribution is -2.43. The third-order valence-electron chi connectivity index (χ3n) is 6.37. The highest BCUT2D eigenvalue weighted by atomic mass is 32.2. The predicted molar refractivity (Wildman–Crippen MR) is 138 cm³/mol. The molecule has 0 aliphatic carbocycles. The molecule has 1 fully saturated rings. The Morgan fingerprint density at radius 2 is 1.82 bits per heavy atom. The second-order valence-corrected chi connectivity index (χ2v) is 11.7. The molecular formula is C26H31N3O3S2. The van der Waals surface area contributed by atoms with Crippen molar-refractivity contribution < 1.29 is 13.2 Å². The zero-order valence-corrected chi connectivity index (χ0v) is 21.5. The molecule has 0 spiro atoms. The quantitative estimate of drug-likeness (QED) is 0.425. The van der Waals surface area contributed by atoms with Crippen LogP contribution in [-0.2, 0) is 10.0 Å². The summed E-state index contributed by atoms with van der Waals surface area (Å²) in [6, 6.07) is 14.5. The van der Waals surface area contributed by atoms with Gasteiger partial charge in [0.05, 0.1) is 10.6 Å². The zero-order valence-electron chi connectivity index (χ0n) is 19.8. The number of nitrogens with zero attached hydrogens (tertiary/aromatic N) is 2. The van der Waals surface area contributed by atoms with Gasteiger partial charge in [0.2, 0.25) is 10.0 Å². The fraction of sp³-hybridized carbons (Fsp3) is 0.385. The maximum Gasteiger partial charge on any atom is 0.257 e. The van der Waals surface area contributed by atoms with E-state index in [2.05, 4.69) is 36.3 Å². The van der Waals surface area contributed by atoms with Crippen LogP contribution in [0.1, 0.15) is 68.3 Å². The van der Waals surface area contributed by atoms with Gasteiger partial charge in [0.25, 0.3) is 5.91 Å². The van der Waals surface area contributed by atoms with Crippen LogP contribution in [0.25, 0.3) is 11.3 Å². The molecule has 6 nitrogen and oxygen atoms in total. The minimum absolute atomic E-state index is 0.0439. The summed E-state index contributed by atoms with van der Waals surface area (Å²) in [6.07, 6.45) is 3.64. The van der Waals surface area contributed by atoms with Crippen molar-refractivity contribution in [3.63, 3.8) is 0 Å². The molecule has 1 aromatic heterocycles. The smallest absolute Gasteiger partial charge is 0.257 e. The maximum atomic E-state index is 13.1. The number of hydrogen-bond donors (Lipinski definition) is 1. The monoisotopic (exact) mass is 497 g/mol. The normalized spacial score (nSPS) is 17.1. The molecule has 0 bridgehead atoms. The number of carbonyl (C=O) groups excluding carboxylic acids is 1. The van der Waals surface area contributed by atoms with E-state index in [0.29, 0.717) is 23.2 Å². The summed E-state index contributed by atoms with van der Waals surface area (Å²) in [7, 11) is -3.57. The zero-order chi connectivity index (χ0) is 24.3. The summed E-state index contributed by atoms with van der Waals surface area (Å²) in [5, 5.41) is 5.24. The number of anilines is 1. The van der Waals surface area contributed by atoms with Crippen LogP contribution in [-0.4, -0.2) is 36.2 Å². The molecule has 34 heavy (non-hydrogen) atoms. The minimum atomic E-state index is -3.57. The predicted octanol–water partition coefficient (Wildman–Crippen LogP) is 6.14. The maximum absolute atomic E-state index is 13.1. The highest BCUT2D eigenvalue weighted by molar-refractivity contribution is 7.89. The first-order chi connectivity index (χ1) is 16.3.